The first-order valence-electron chi connectivity index (χ1n) is 8.02. The molecular formula is C19H14F2N4O. The van der Waals surface area contributed by atoms with E-state index in [1.807, 2.05) is 30.3 Å². The number of aromatic amines is 1. The monoisotopic (exact) mass is 352 g/mol. The van der Waals surface area contributed by atoms with Gasteiger partial charge in [-0.2, -0.15) is 0 Å². The Bertz CT molecular complexity index is 1110. The average molecular weight is 352 g/mol. The number of anilines is 1. The van der Waals surface area contributed by atoms with Crippen LogP contribution >= 0.6 is 0 Å². The molecule has 5 nitrogen and oxygen atoms in total. The van der Waals surface area contributed by atoms with E-state index in [4.69, 9.17) is 0 Å². The highest BCUT2D eigenvalue weighted by molar-refractivity contribution is 6.04. The van der Waals surface area contributed by atoms with Gasteiger partial charge in [-0.15, -0.1) is 0 Å². The fourth-order valence-corrected chi connectivity index (χ4v) is 2.96. The van der Waals surface area contributed by atoms with Crippen molar-refractivity contribution in [2.45, 2.75) is 6.43 Å². The number of hydrogen-bond acceptors (Lipinski definition) is 4. The summed E-state index contributed by atoms with van der Waals surface area (Å²) >= 11 is 0. The summed E-state index contributed by atoms with van der Waals surface area (Å²) in [5.74, 6) is 0.583. The molecule has 2 N–H and O–H groups in total. The molecule has 4 aromatic rings. The number of para-hydroxylation sites is 2. The van der Waals surface area contributed by atoms with Gasteiger partial charge in [-0.05, 0) is 18.2 Å². The number of carbonyl (C=O) groups is 1. The third-order valence-corrected chi connectivity index (χ3v) is 4.11. The number of fused-ring (bicyclic) bond motifs is 2. The van der Waals surface area contributed by atoms with Crippen molar-refractivity contribution in [1.82, 2.24) is 15.0 Å². The Morgan fingerprint density at radius 2 is 1.77 bits per heavy atom. The minimum atomic E-state index is -2.51. The van der Waals surface area contributed by atoms with Crippen LogP contribution in [0.4, 0.5) is 14.6 Å². The van der Waals surface area contributed by atoms with Crippen molar-refractivity contribution in [3.05, 3.63) is 54.1 Å². The van der Waals surface area contributed by atoms with Gasteiger partial charge in [0.1, 0.15) is 5.82 Å². The van der Waals surface area contributed by atoms with Crippen molar-refractivity contribution < 1.29 is 13.6 Å². The highest BCUT2D eigenvalue weighted by Crippen LogP contribution is 2.30. The molecule has 0 spiro atoms. The number of aromatic nitrogens is 3. The predicted octanol–water partition coefficient (Wildman–Crippen LogP) is 4.27. The molecule has 0 radical (unpaired) electrons. The summed E-state index contributed by atoms with van der Waals surface area (Å²) in [6, 6.07) is 14.5. The summed E-state index contributed by atoms with van der Waals surface area (Å²) in [6.45, 7) is -0.520. The van der Waals surface area contributed by atoms with E-state index in [0.29, 0.717) is 28.0 Å². The summed E-state index contributed by atoms with van der Waals surface area (Å²) in [6.07, 6.45) is -1.76. The van der Waals surface area contributed by atoms with Crippen LogP contribution in [-0.2, 0) is 0 Å². The minimum Gasteiger partial charge on any atom is -0.364 e. The number of alkyl halides is 2. The van der Waals surface area contributed by atoms with Crippen LogP contribution in [0.25, 0.3) is 33.3 Å². The number of halogens is 2. The summed E-state index contributed by atoms with van der Waals surface area (Å²) < 4.78 is 25.3. The summed E-state index contributed by atoms with van der Waals surface area (Å²) in [5.41, 5.74) is 2.29. The first-order valence-corrected chi connectivity index (χ1v) is 8.02. The fourth-order valence-electron chi connectivity index (χ4n) is 2.96. The second-order valence-corrected chi connectivity index (χ2v) is 5.76. The lowest BCUT2D eigenvalue weighted by molar-refractivity contribution is 0.112. The van der Waals surface area contributed by atoms with Crippen LogP contribution in [0.15, 0.2) is 48.5 Å². The predicted molar refractivity (Wildman–Crippen MR) is 96.7 cm³/mol. The smallest absolute Gasteiger partial charge is 0.255 e. The molecule has 26 heavy (non-hydrogen) atoms. The van der Waals surface area contributed by atoms with E-state index in [1.54, 1.807) is 18.2 Å². The van der Waals surface area contributed by atoms with Crippen molar-refractivity contribution >= 4 is 33.9 Å². The van der Waals surface area contributed by atoms with Crippen LogP contribution in [0.5, 0.6) is 0 Å². The molecule has 2 aromatic heterocycles. The number of H-pyrrole nitrogens is 1. The largest absolute Gasteiger partial charge is 0.364 e. The molecular weight excluding hydrogens is 338 g/mol. The molecule has 0 saturated heterocycles. The number of hydrogen-bond donors (Lipinski definition) is 2. The molecule has 4 rings (SSSR count). The zero-order valence-electron chi connectivity index (χ0n) is 13.5. The first kappa shape index (κ1) is 16.1. The van der Waals surface area contributed by atoms with Gasteiger partial charge in [0.25, 0.3) is 6.43 Å². The Kier molecular flexibility index (Phi) is 4.04. The molecule has 0 aliphatic heterocycles. The van der Waals surface area contributed by atoms with Crippen molar-refractivity contribution in [1.29, 1.82) is 0 Å². The lowest BCUT2D eigenvalue weighted by Crippen LogP contribution is -2.12. The number of aldehydes is 1. The average Bonchev–Trinajstić information content (AvgIpc) is 3.04. The van der Waals surface area contributed by atoms with Gasteiger partial charge in [-0.25, -0.2) is 18.7 Å². The number of benzene rings is 2. The Morgan fingerprint density at radius 3 is 2.54 bits per heavy atom. The van der Waals surface area contributed by atoms with Gasteiger partial charge >= 0.3 is 0 Å². The Hall–Kier alpha value is -3.35. The quantitative estimate of drug-likeness (QED) is 0.526. The van der Waals surface area contributed by atoms with E-state index in [-0.39, 0.29) is 5.82 Å². The third-order valence-electron chi connectivity index (χ3n) is 4.11. The zero-order chi connectivity index (χ0) is 18.1. The molecule has 0 unspecified atom stereocenters. The van der Waals surface area contributed by atoms with E-state index in [2.05, 4.69) is 20.3 Å². The molecule has 0 fully saturated rings. The maximum Gasteiger partial charge on any atom is 0.255 e. The lowest BCUT2D eigenvalue weighted by atomic mass is 10.1. The highest BCUT2D eigenvalue weighted by atomic mass is 19.3. The maximum absolute atomic E-state index is 12.6. The number of nitrogens with one attached hydrogen (secondary N) is 2. The van der Waals surface area contributed by atoms with Crippen molar-refractivity contribution in [3.63, 3.8) is 0 Å². The van der Waals surface area contributed by atoms with Gasteiger partial charge in [0, 0.05) is 16.3 Å². The molecule has 0 bridgehead atoms. The van der Waals surface area contributed by atoms with Gasteiger partial charge in [0.15, 0.2) is 12.1 Å². The normalized spacial score (nSPS) is 11.3. The Balaban J connectivity index is 1.93. The molecule has 130 valence electrons. The molecule has 0 aliphatic rings. The second-order valence-electron chi connectivity index (χ2n) is 5.76. The van der Waals surface area contributed by atoms with E-state index in [1.165, 1.54) is 0 Å². The van der Waals surface area contributed by atoms with E-state index in [0.717, 1.165) is 17.2 Å². The number of rotatable bonds is 5. The maximum atomic E-state index is 12.6. The lowest BCUT2D eigenvalue weighted by Gasteiger charge is -2.10. The van der Waals surface area contributed by atoms with Crippen LogP contribution in [0.1, 0.15) is 10.4 Å². The molecule has 7 heteroatoms. The van der Waals surface area contributed by atoms with Crippen molar-refractivity contribution in [3.8, 4) is 11.5 Å². The molecule has 2 aromatic carbocycles. The van der Waals surface area contributed by atoms with E-state index in [9.17, 15) is 13.6 Å². The van der Waals surface area contributed by atoms with Crippen LogP contribution in [-0.4, -0.2) is 34.2 Å². The van der Waals surface area contributed by atoms with Gasteiger partial charge in [0.05, 0.1) is 23.3 Å². The summed E-state index contributed by atoms with van der Waals surface area (Å²) in [5, 5.41) is 4.07. The van der Waals surface area contributed by atoms with Gasteiger partial charge in [-0.3, -0.25) is 4.79 Å². The highest BCUT2D eigenvalue weighted by Gasteiger charge is 2.17. The van der Waals surface area contributed by atoms with Crippen LogP contribution in [0.3, 0.4) is 0 Å². The topological polar surface area (TPSA) is 70.7 Å². The van der Waals surface area contributed by atoms with Crippen molar-refractivity contribution in [2.24, 2.45) is 0 Å². The first-order chi connectivity index (χ1) is 12.7. The molecule has 2 heterocycles. The summed E-state index contributed by atoms with van der Waals surface area (Å²) in [7, 11) is 0. The molecule has 0 saturated carbocycles. The van der Waals surface area contributed by atoms with Crippen LogP contribution in [0, 0.1) is 0 Å². The van der Waals surface area contributed by atoms with Crippen LogP contribution in [0.2, 0.25) is 0 Å². The van der Waals surface area contributed by atoms with Crippen molar-refractivity contribution in [2.75, 3.05) is 11.9 Å². The van der Waals surface area contributed by atoms with Crippen LogP contribution < -0.4 is 5.32 Å². The van der Waals surface area contributed by atoms with Gasteiger partial charge < -0.3 is 10.3 Å². The zero-order valence-corrected chi connectivity index (χ0v) is 13.5. The van der Waals surface area contributed by atoms with Gasteiger partial charge in [-0.1, -0.05) is 30.3 Å². The summed E-state index contributed by atoms with van der Waals surface area (Å²) in [4.78, 5) is 23.7. The Labute approximate surface area is 147 Å². The SMILES string of the molecule is O=Cc1c(-c2nc(NCC(F)F)c3ccccc3n2)[nH]c2ccccc12. The van der Waals surface area contributed by atoms with Gasteiger partial charge in [0.2, 0.25) is 0 Å². The third kappa shape index (κ3) is 2.77. The fraction of sp³-hybridized carbons (Fsp3) is 0.105. The molecule has 0 amide bonds. The number of nitrogens with zero attached hydrogens (tertiary/aromatic N) is 2. The minimum absolute atomic E-state index is 0.277. The second kappa shape index (κ2) is 6.51. The van der Waals surface area contributed by atoms with E-state index >= 15 is 0 Å². The molecule has 0 aliphatic carbocycles. The Morgan fingerprint density at radius 1 is 1.04 bits per heavy atom. The molecule has 0 atom stereocenters. The number of carbonyl (C=O) groups excluding carboxylic acids is 1. The standard InChI is InChI=1S/C19H14F2N4O/c20-16(21)9-22-18-12-6-2-4-8-15(12)24-19(25-18)17-13(10-26)11-5-1-3-7-14(11)23-17/h1-8,10,16,23H,9H2,(H,22,24,25). The van der Waals surface area contributed by atoms with E-state index < -0.39 is 13.0 Å².